The van der Waals surface area contributed by atoms with E-state index < -0.39 is 16.8 Å². The maximum Gasteiger partial charge on any atom is 0.330 e. The van der Waals surface area contributed by atoms with Gasteiger partial charge in [0.05, 0.1) is 0 Å². The molecule has 0 bridgehead atoms. The number of β-lactam (4-membered cyclic amide) rings is 1. The van der Waals surface area contributed by atoms with Gasteiger partial charge in [-0.25, -0.2) is 4.79 Å². The van der Waals surface area contributed by atoms with Crippen molar-refractivity contribution in [3.63, 3.8) is 0 Å². The molecular formula is C22H22N2O3S. The predicted octanol–water partition coefficient (Wildman–Crippen LogP) is 3.28. The highest BCUT2D eigenvalue weighted by Gasteiger charge is 2.64. The topological polar surface area (TPSA) is 59.0 Å². The molecule has 1 amide bonds. The van der Waals surface area contributed by atoms with Crippen molar-refractivity contribution in [1.82, 2.24) is 4.90 Å². The molecule has 2 aromatic carbocycles. The number of rotatable bonds is 5. The van der Waals surface area contributed by atoms with E-state index in [0.29, 0.717) is 0 Å². The van der Waals surface area contributed by atoms with Crippen molar-refractivity contribution < 1.29 is 14.3 Å². The van der Waals surface area contributed by atoms with Gasteiger partial charge in [0.15, 0.2) is 6.04 Å². The van der Waals surface area contributed by atoms with Gasteiger partial charge in [-0.15, -0.1) is 11.8 Å². The Kier molecular flexibility index (Phi) is 4.98. The molecule has 0 N–H and O–H groups in total. The van der Waals surface area contributed by atoms with Crippen molar-refractivity contribution in [2.24, 2.45) is 4.99 Å². The van der Waals surface area contributed by atoms with E-state index in [4.69, 9.17) is 4.74 Å². The summed E-state index contributed by atoms with van der Waals surface area (Å²) in [6, 6.07) is 18.2. The lowest BCUT2D eigenvalue weighted by Crippen LogP contribution is -2.65. The average Bonchev–Trinajstić information content (AvgIpc) is 2.95. The van der Waals surface area contributed by atoms with Crippen LogP contribution in [0.4, 0.5) is 0 Å². The molecule has 2 aliphatic rings. The third-order valence-electron chi connectivity index (χ3n) is 5.04. The van der Waals surface area contributed by atoms with Gasteiger partial charge in [-0.1, -0.05) is 60.7 Å². The van der Waals surface area contributed by atoms with Gasteiger partial charge in [-0.05, 0) is 25.0 Å². The van der Waals surface area contributed by atoms with Crippen molar-refractivity contribution in [3.05, 3.63) is 71.8 Å². The fourth-order valence-corrected chi connectivity index (χ4v) is 5.24. The van der Waals surface area contributed by atoms with Crippen LogP contribution in [0.15, 0.2) is 65.7 Å². The van der Waals surface area contributed by atoms with E-state index in [1.807, 2.05) is 74.5 Å². The maximum absolute atomic E-state index is 12.8. The van der Waals surface area contributed by atoms with E-state index in [9.17, 15) is 9.59 Å². The zero-order chi connectivity index (χ0) is 19.7. The summed E-state index contributed by atoms with van der Waals surface area (Å²) in [4.78, 5) is 31.7. The van der Waals surface area contributed by atoms with Crippen molar-refractivity contribution in [3.8, 4) is 0 Å². The molecule has 6 heteroatoms. The molecule has 0 aliphatic carbocycles. The molecule has 2 saturated heterocycles. The predicted molar refractivity (Wildman–Crippen MR) is 110 cm³/mol. The highest BCUT2D eigenvalue weighted by atomic mass is 32.2. The molecule has 5 nitrogen and oxygen atoms in total. The molecule has 28 heavy (non-hydrogen) atoms. The largest absolute Gasteiger partial charge is 0.459 e. The van der Waals surface area contributed by atoms with Crippen LogP contribution in [0.5, 0.6) is 0 Å². The standard InChI is InChI=1S/C22H22N2O3S/c1-22(2)18(21(26)27-14-16-11-7-4-8-12-16)24-19(25)17(20(24)28-22)23-13-15-9-5-3-6-10-15/h3-13,17-18,20H,14H2,1-2H3/t17-,18+,20-/m1/s1. The smallest absolute Gasteiger partial charge is 0.330 e. The molecule has 0 unspecified atom stereocenters. The van der Waals surface area contributed by atoms with Crippen LogP contribution >= 0.6 is 11.8 Å². The van der Waals surface area contributed by atoms with Gasteiger partial charge in [0.25, 0.3) is 5.91 Å². The van der Waals surface area contributed by atoms with E-state index in [0.717, 1.165) is 11.1 Å². The minimum absolute atomic E-state index is 0.114. The molecule has 144 valence electrons. The van der Waals surface area contributed by atoms with E-state index in [1.54, 1.807) is 22.9 Å². The first-order valence-corrected chi connectivity index (χ1v) is 10.1. The third kappa shape index (κ3) is 3.44. The summed E-state index contributed by atoms with van der Waals surface area (Å²) in [5.41, 5.74) is 1.88. The van der Waals surface area contributed by atoms with Gasteiger partial charge in [0.1, 0.15) is 18.0 Å². The van der Waals surface area contributed by atoms with Crippen LogP contribution in [0.25, 0.3) is 0 Å². The van der Waals surface area contributed by atoms with E-state index in [-0.39, 0.29) is 23.9 Å². The van der Waals surface area contributed by atoms with Gasteiger partial charge in [-0.3, -0.25) is 9.79 Å². The summed E-state index contributed by atoms with van der Waals surface area (Å²) in [6.07, 6.45) is 1.73. The molecular weight excluding hydrogens is 372 g/mol. The highest BCUT2D eigenvalue weighted by Crippen LogP contribution is 2.51. The van der Waals surface area contributed by atoms with Crippen LogP contribution in [0, 0.1) is 0 Å². The van der Waals surface area contributed by atoms with E-state index >= 15 is 0 Å². The van der Waals surface area contributed by atoms with Crippen LogP contribution in [0.3, 0.4) is 0 Å². The molecule has 0 radical (unpaired) electrons. The lowest BCUT2D eigenvalue weighted by Gasteiger charge is -2.41. The second-order valence-corrected chi connectivity index (χ2v) is 9.26. The lowest BCUT2D eigenvalue weighted by atomic mass is 9.96. The first-order valence-electron chi connectivity index (χ1n) is 9.26. The molecule has 2 aromatic rings. The first-order chi connectivity index (χ1) is 13.5. The molecule has 2 aliphatic heterocycles. The minimum Gasteiger partial charge on any atom is -0.459 e. The second kappa shape index (κ2) is 7.43. The Hall–Kier alpha value is -2.60. The Bertz CT molecular complexity index is 899. The Morgan fingerprint density at radius 3 is 2.46 bits per heavy atom. The van der Waals surface area contributed by atoms with Crippen LogP contribution in [-0.4, -0.2) is 45.2 Å². The quantitative estimate of drug-likeness (QED) is 0.444. The van der Waals surface area contributed by atoms with Gasteiger partial charge < -0.3 is 9.64 Å². The molecule has 3 atom stereocenters. The van der Waals surface area contributed by atoms with Crippen LogP contribution < -0.4 is 0 Å². The summed E-state index contributed by atoms with van der Waals surface area (Å²) in [6.45, 7) is 4.17. The molecule has 0 aromatic heterocycles. The number of hydrogen-bond donors (Lipinski definition) is 0. The second-order valence-electron chi connectivity index (χ2n) is 7.49. The molecule has 0 spiro atoms. The van der Waals surface area contributed by atoms with Gasteiger partial charge in [0.2, 0.25) is 0 Å². The lowest BCUT2D eigenvalue weighted by molar-refractivity contribution is -0.163. The van der Waals surface area contributed by atoms with Crippen LogP contribution in [0.1, 0.15) is 25.0 Å². The summed E-state index contributed by atoms with van der Waals surface area (Å²) in [7, 11) is 0. The Morgan fingerprint density at radius 1 is 1.14 bits per heavy atom. The first kappa shape index (κ1) is 18.7. The number of thioether (sulfide) groups is 1. The van der Waals surface area contributed by atoms with Crippen LogP contribution in [-0.2, 0) is 20.9 Å². The number of esters is 1. The molecule has 4 rings (SSSR count). The van der Waals surface area contributed by atoms with Crippen LogP contribution in [0.2, 0.25) is 0 Å². The number of hydrogen-bond acceptors (Lipinski definition) is 5. The number of amides is 1. The fourth-order valence-electron chi connectivity index (χ4n) is 3.62. The number of aliphatic imine (C=N–C) groups is 1. The zero-order valence-electron chi connectivity index (χ0n) is 15.8. The average molecular weight is 394 g/mol. The highest BCUT2D eigenvalue weighted by molar-refractivity contribution is 8.01. The monoisotopic (exact) mass is 394 g/mol. The zero-order valence-corrected chi connectivity index (χ0v) is 16.6. The summed E-state index contributed by atoms with van der Waals surface area (Å²) in [5.74, 6) is -0.473. The van der Waals surface area contributed by atoms with Crippen molar-refractivity contribution in [2.75, 3.05) is 0 Å². The van der Waals surface area contributed by atoms with Gasteiger partial charge in [-0.2, -0.15) is 0 Å². The molecule has 0 saturated carbocycles. The van der Waals surface area contributed by atoms with E-state index in [2.05, 4.69) is 4.99 Å². The van der Waals surface area contributed by atoms with Crippen molar-refractivity contribution in [2.45, 2.75) is 42.7 Å². The number of carbonyl (C=O) groups excluding carboxylic acids is 2. The number of carbonyl (C=O) groups is 2. The van der Waals surface area contributed by atoms with Crippen molar-refractivity contribution >= 4 is 29.9 Å². The number of ether oxygens (including phenoxy) is 1. The Morgan fingerprint density at radius 2 is 1.79 bits per heavy atom. The van der Waals surface area contributed by atoms with Gasteiger partial charge in [0, 0.05) is 11.0 Å². The minimum atomic E-state index is -0.595. The third-order valence-corrected chi connectivity index (χ3v) is 6.60. The van der Waals surface area contributed by atoms with Gasteiger partial charge >= 0.3 is 5.97 Å². The van der Waals surface area contributed by atoms with Crippen molar-refractivity contribution in [1.29, 1.82) is 0 Å². The summed E-state index contributed by atoms with van der Waals surface area (Å²) < 4.78 is 5.10. The normalized spacial score (nSPS) is 25.4. The molecule has 2 heterocycles. The summed E-state index contributed by atoms with van der Waals surface area (Å²) in [5, 5.41) is -0.128. The summed E-state index contributed by atoms with van der Waals surface area (Å²) >= 11 is 1.61. The van der Waals surface area contributed by atoms with E-state index in [1.165, 1.54) is 0 Å². The Balaban J connectivity index is 1.45. The SMILES string of the molecule is CC1(C)S[C@@H]2[C@H](N=Cc3ccccc3)C(=O)N2[C@H]1C(=O)OCc1ccccc1. The molecule has 2 fully saturated rings. The Labute approximate surface area is 168 Å². The number of nitrogens with zero attached hydrogens (tertiary/aromatic N) is 2. The fraction of sp³-hybridized carbons (Fsp3) is 0.318. The number of benzene rings is 2. The number of fused-ring (bicyclic) bond motifs is 1. The maximum atomic E-state index is 12.8.